The molecule has 27 heavy (non-hydrogen) atoms. The molecule has 0 aliphatic carbocycles. The second kappa shape index (κ2) is 7.74. The van der Waals surface area contributed by atoms with Crippen LogP contribution in [0.2, 0.25) is 5.02 Å². The fourth-order valence-electron chi connectivity index (χ4n) is 2.89. The number of sulfonamides is 1. The Morgan fingerprint density at radius 3 is 2.52 bits per heavy atom. The van der Waals surface area contributed by atoms with E-state index in [0.717, 1.165) is 18.9 Å². The van der Waals surface area contributed by atoms with Crippen molar-refractivity contribution in [3.63, 3.8) is 0 Å². The molecule has 0 saturated carbocycles. The first-order valence-corrected chi connectivity index (χ1v) is 10.1. The molecule has 2 aromatic carbocycles. The van der Waals surface area contributed by atoms with Gasteiger partial charge in [0, 0.05) is 13.1 Å². The van der Waals surface area contributed by atoms with Gasteiger partial charge in [0.05, 0.1) is 28.3 Å². The first kappa shape index (κ1) is 19.4. The average Bonchev–Trinajstić information content (AvgIpc) is 3.18. The fourth-order valence-corrected chi connectivity index (χ4v) is 4.14. The summed E-state index contributed by atoms with van der Waals surface area (Å²) in [6.07, 6.45) is 1.83. The van der Waals surface area contributed by atoms with Crippen LogP contribution in [-0.4, -0.2) is 39.4 Å². The van der Waals surface area contributed by atoms with E-state index in [4.69, 9.17) is 16.3 Å². The van der Waals surface area contributed by atoms with Crippen molar-refractivity contribution in [2.45, 2.75) is 17.7 Å². The van der Waals surface area contributed by atoms with Crippen LogP contribution < -0.4 is 9.46 Å². The second-order valence-corrected chi connectivity index (χ2v) is 8.19. The van der Waals surface area contributed by atoms with Gasteiger partial charge in [0.1, 0.15) is 11.6 Å². The molecule has 1 saturated heterocycles. The number of benzene rings is 2. The number of nitrogens with one attached hydrogen (secondary N) is 1. The molecule has 0 unspecified atom stereocenters. The monoisotopic (exact) mass is 412 g/mol. The van der Waals surface area contributed by atoms with Crippen molar-refractivity contribution in [1.29, 1.82) is 0 Å². The zero-order chi connectivity index (χ0) is 19.6. The van der Waals surface area contributed by atoms with E-state index in [9.17, 15) is 17.6 Å². The molecule has 1 fully saturated rings. The molecule has 3 rings (SSSR count). The Labute approximate surface area is 161 Å². The maximum absolute atomic E-state index is 13.3. The summed E-state index contributed by atoms with van der Waals surface area (Å²) in [5.41, 5.74) is 0.295. The van der Waals surface area contributed by atoms with Gasteiger partial charge < -0.3 is 9.64 Å². The average molecular weight is 413 g/mol. The number of carbonyl (C=O) groups excluding carboxylic acids is 1. The zero-order valence-electron chi connectivity index (χ0n) is 14.5. The van der Waals surface area contributed by atoms with Gasteiger partial charge in [0.25, 0.3) is 15.9 Å². The van der Waals surface area contributed by atoms with E-state index in [1.165, 1.54) is 37.4 Å². The molecule has 6 nitrogen and oxygen atoms in total. The minimum Gasteiger partial charge on any atom is -0.496 e. The maximum atomic E-state index is 13.3. The van der Waals surface area contributed by atoms with Gasteiger partial charge in [-0.05, 0) is 49.2 Å². The molecule has 1 N–H and O–H groups in total. The normalized spacial score (nSPS) is 14.3. The Balaban J connectivity index is 1.94. The molecule has 0 atom stereocenters. The van der Waals surface area contributed by atoms with Crippen LogP contribution in [0.1, 0.15) is 23.2 Å². The molecule has 0 radical (unpaired) electrons. The largest absolute Gasteiger partial charge is 0.496 e. The first-order chi connectivity index (χ1) is 12.8. The Bertz CT molecular complexity index is 975. The van der Waals surface area contributed by atoms with Gasteiger partial charge in [-0.2, -0.15) is 0 Å². The van der Waals surface area contributed by atoms with Gasteiger partial charge in [0.15, 0.2) is 0 Å². The van der Waals surface area contributed by atoms with E-state index < -0.39 is 15.8 Å². The number of amides is 1. The fraction of sp³-hybridized carbons (Fsp3) is 0.278. The van der Waals surface area contributed by atoms with Crippen LogP contribution in [0.3, 0.4) is 0 Å². The minimum atomic E-state index is -4.00. The van der Waals surface area contributed by atoms with Gasteiger partial charge in [0.2, 0.25) is 0 Å². The van der Waals surface area contributed by atoms with Gasteiger partial charge in [-0.15, -0.1) is 0 Å². The van der Waals surface area contributed by atoms with Crippen molar-refractivity contribution in [2.75, 3.05) is 24.9 Å². The Hall–Kier alpha value is -2.32. The molecule has 2 aromatic rings. The van der Waals surface area contributed by atoms with Crippen LogP contribution in [0.25, 0.3) is 0 Å². The highest BCUT2D eigenvalue weighted by atomic mass is 35.5. The second-order valence-electron chi connectivity index (χ2n) is 6.10. The van der Waals surface area contributed by atoms with Gasteiger partial charge in [-0.25, -0.2) is 12.8 Å². The third-order valence-corrected chi connectivity index (χ3v) is 5.95. The number of methoxy groups -OCH3 is 1. The molecule has 1 amide bonds. The van der Waals surface area contributed by atoms with Gasteiger partial charge in [-0.3, -0.25) is 9.52 Å². The van der Waals surface area contributed by atoms with Crippen molar-refractivity contribution < 1.29 is 22.3 Å². The molecule has 0 bridgehead atoms. The van der Waals surface area contributed by atoms with Crippen LogP contribution in [0, 0.1) is 5.82 Å². The van der Waals surface area contributed by atoms with E-state index in [1.54, 1.807) is 4.90 Å². The van der Waals surface area contributed by atoms with Crippen molar-refractivity contribution in [2.24, 2.45) is 0 Å². The van der Waals surface area contributed by atoms with Crippen LogP contribution >= 0.6 is 11.6 Å². The quantitative estimate of drug-likeness (QED) is 0.815. The number of likely N-dealkylation sites (tertiary alicyclic amines) is 1. The van der Waals surface area contributed by atoms with E-state index in [-0.39, 0.29) is 27.1 Å². The van der Waals surface area contributed by atoms with E-state index in [0.29, 0.717) is 18.8 Å². The Morgan fingerprint density at radius 1 is 1.19 bits per heavy atom. The van der Waals surface area contributed by atoms with Crippen molar-refractivity contribution in [1.82, 2.24) is 4.90 Å². The molecule has 0 spiro atoms. The number of nitrogens with zero attached hydrogens (tertiary/aromatic N) is 1. The predicted octanol–water partition coefficient (Wildman–Crippen LogP) is 3.52. The molecule has 9 heteroatoms. The number of anilines is 1. The third kappa shape index (κ3) is 4.17. The smallest absolute Gasteiger partial charge is 0.261 e. The molecular formula is C18H18ClFN2O4S. The number of hydrogen-bond acceptors (Lipinski definition) is 4. The SMILES string of the molecule is COc1ccc(S(=O)(=O)Nc2ccc(F)c(Cl)c2)cc1C(=O)N1CCCC1. The van der Waals surface area contributed by atoms with Gasteiger partial charge >= 0.3 is 0 Å². The predicted molar refractivity (Wildman–Crippen MR) is 100 cm³/mol. The highest BCUT2D eigenvalue weighted by molar-refractivity contribution is 7.92. The summed E-state index contributed by atoms with van der Waals surface area (Å²) in [6.45, 7) is 1.26. The van der Waals surface area contributed by atoms with Crippen LogP contribution in [0.4, 0.5) is 10.1 Å². The summed E-state index contributed by atoms with van der Waals surface area (Å²) in [5.74, 6) is -0.621. The number of carbonyl (C=O) groups is 1. The maximum Gasteiger partial charge on any atom is 0.261 e. The number of rotatable bonds is 5. The summed E-state index contributed by atoms with van der Waals surface area (Å²) in [6, 6.07) is 7.57. The molecule has 144 valence electrons. The summed E-state index contributed by atoms with van der Waals surface area (Å²) in [4.78, 5) is 14.3. The van der Waals surface area contributed by atoms with E-state index in [2.05, 4.69) is 4.72 Å². The first-order valence-electron chi connectivity index (χ1n) is 8.27. The van der Waals surface area contributed by atoms with Crippen LogP contribution in [0.5, 0.6) is 5.75 Å². The third-order valence-electron chi connectivity index (χ3n) is 4.28. The minimum absolute atomic E-state index is 0.105. The topological polar surface area (TPSA) is 75.7 Å². The van der Waals surface area contributed by atoms with Gasteiger partial charge in [-0.1, -0.05) is 11.6 Å². The summed E-state index contributed by atoms with van der Waals surface area (Å²) >= 11 is 5.69. The highest BCUT2D eigenvalue weighted by Gasteiger charge is 2.25. The molecule has 1 aliphatic heterocycles. The summed E-state index contributed by atoms with van der Waals surface area (Å²) in [7, 11) is -2.59. The standard InChI is InChI=1S/C18H18ClFN2O4S/c1-26-17-7-5-13(11-14(17)18(23)22-8-2-3-9-22)27(24,25)21-12-4-6-16(20)15(19)10-12/h4-7,10-11,21H,2-3,8-9H2,1H3. The molecular weight excluding hydrogens is 395 g/mol. The van der Waals surface area contributed by atoms with E-state index >= 15 is 0 Å². The van der Waals surface area contributed by atoms with Crippen LogP contribution in [0.15, 0.2) is 41.3 Å². The molecule has 0 aromatic heterocycles. The highest BCUT2D eigenvalue weighted by Crippen LogP contribution is 2.27. The summed E-state index contributed by atoms with van der Waals surface area (Å²) in [5, 5.41) is -0.199. The number of halogens is 2. The number of hydrogen-bond donors (Lipinski definition) is 1. The lowest BCUT2D eigenvalue weighted by atomic mass is 10.1. The van der Waals surface area contributed by atoms with E-state index in [1.807, 2.05) is 0 Å². The van der Waals surface area contributed by atoms with Crippen molar-refractivity contribution in [3.05, 3.63) is 52.8 Å². The summed E-state index contributed by atoms with van der Waals surface area (Å²) < 4.78 is 46.2. The molecule has 1 aliphatic rings. The van der Waals surface area contributed by atoms with Crippen molar-refractivity contribution >= 4 is 33.2 Å². The lowest BCUT2D eigenvalue weighted by Gasteiger charge is -2.18. The lowest BCUT2D eigenvalue weighted by molar-refractivity contribution is 0.0789. The Kier molecular flexibility index (Phi) is 5.57. The molecule has 1 heterocycles. The lowest BCUT2D eigenvalue weighted by Crippen LogP contribution is -2.28. The zero-order valence-corrected chi connectivity index (χ0v) is 16.1. The number of ether oxygens (including phenoxy) is 1. The van der Waals surface area contributed by atoms with Crippen molar-refractivity contribution in [3.8, 4) is 5.75 Å². The van der Waals surface area contributed by atoms with Crippen LogP contribution in [-0.2, 0) is 10.0 Å². The Morgan fingerprint density at radius 2 is 1.89 bits per heavy atom.